The number of rotatable bonds is 38. The number of hydrogen-bond donors (Lipinski definition) is 6. The summed E-state index contributed by atoms with van der Waals surface area (Å²) < 4.78 is 11.2. The molecule has 324 valence electrons. The van der Waals surface area contributed by atoms with Crippen molar-refractivity contribution in [2.24, 2.45) is 0 Å². The first kappa shape index (κ1) is 51.7. The number of carbonyl (C=O) groups is 1. The van der Waals surface area contributed by atoms with Gasteiger partial charge in [0.15, 0.2) is 6.29 Å². The minimum absolute atomic E-state index is 0.149. The molecular weight excluding hydrogens is 695 g/mol. The monoisotopic (exact) mass is 782 g/mol. The van der Waals surface area contributed by atoms with Crippen LogP contribution in [0, 0.1) is 0 Å². The van der Waals surface area contributed by atoms with Gasteiger partial charge in [-0.1, -0.05) is 160 Å². The summed E-state index contributed by atoms with van der Waals surface area (Å²) in [5.74, 6) is -0.156. The van der Waals surface area contributed by atoms with Gasteiger partial charge in [-0.05, 0) is 64.2 Å². The van der Waals surface area contributed by atoms with Crippen LogP contribution in [-0.4, -0.2) is 87.5 Å². The van der Waals surface area contributed by atoms with E-state index < -0.39 is 49.5 Å². The van der Waals surface area contributed by atoms with Crippen LogP contribution in [-0.2, 0) is 14.3 Å². The van der Waals surface area contributed by atoms with E-state index in [9.17, 15) is 30.3 Å². The van der Waals surface area contributed by atoms with Gasteiger partial charge in [-0.2, -0.15) is 0 Å². The Morgan fingerprint density at radius 3 is 1.47 bits per heavy atom. The lowest BCUT2D eigenvalue weighted by Gasteiger charge is -2.40. The normalized spacial score (nSPS) is 21.5. The minimum atomic E-state index is -1.56. The number of nitrogens with one attached hydrogen (secondary N) is 1. The zero-order valence-corrected chi connectivity index (χ0v) is 35.4. The lowest BCUT2D eigenvalue weighted by atomic mass is 9.99. The number of allylic oxidation sites excluding steroid dienone is 4. The summed E-state index contributed by atoms with van der Waals surface area (Å²) in [6.07, 6.45) is 36.2. The third-order valence-corrected chi connectivity index (χ3v) is 11.0. The van der Waals surface area contributed by atoms with E-state index in [-0.39, 0.29) is 12.5 Å². The molecule has 1 aliphatic rings. The molecule has 0 aromatic heterocycles. The Hall–Kier alpha value is -1.33. The smallest absolute Gasteiger partial charge is 0.220 e. The Kier molecular flexibility index (Phi) is 34.7. The molecule has 2 unspecified atom stereocenters. The zero-order valence-electron chi connectivity index (χ0n) is 35.4. The van der Waals surface area contributed by atoms with Crippen LogP contribution in [0.15, 0.2) is 24.3 Å². The van der Waals surface area contributed by atoms with Crippen LogP contribution in [0.4, 0.5) is 0 Å². The average Bonchev–Trinajstić information content (AvgIpc) is 3.18. The molecule has 0 radical (unpaired) electrons. The van der Waals surface area contributed by atoms with Crippen molar-refractivity contribution in [3.8, 4) is 0 Å². The lowest BCUT2D eigenvalue weighted by Crippen LogP contribution is -2.60. The molecule has 0 saturated carbocycles. The van der Waals surface area contributed by atoms with E-state index in [1.807, 2.05) is 0 Å². The van der Waals surface area contributed by atoms with Crippen molar-refractivity contribution in [2.45, 2.75) is 249 Å². The Labute approximate surface area is 337 Å². The summed E-state index contributed by atoms with van der Waals surface area (Å²) in [5, 5.41) is 54.2. The fourth-order valence-electron chi connectivity index (χ4n) is 7.27. The third-order valence-electron chi connectivity index (χ3n) is 11.0. The van der Waals surface area contributed by atoms with Crippen molar-refractivity contribution in [3.63, 3.8) is 0 Å². The molecule has 1 heterocycles. The van der Waals surface area contributed by atoms with E-state index >= 15 is 0 Å². The maximum absolute atomic E-state index is 12.9. The quantitative estimate of drug-likeness (QED) is 0.0268. The lowest BCUT2D eigenvalue weighted by molar-refractivity contribution is -0.302. The molecule has 0 aromatic carbocycles. The van der Waals surface area contributed by atoms with Crippen LogP contribution < -0.4 is 5.32 Å². The van der Waals surface area contributed by atoms with Gasteiger partial charge in [0.25, 0.3) is 0 Å². The standard InChI is InChI=1S/C46H87NO8/c1-3-5-7-9-11-13-15-16-17-18-19-20-21-22-23-24-26-28-30-32-34-36-42(50)47-39(38-54-46-45(53)44(52)43(51)41(37-48)55-46)40(49)35-33-31-29-27-25-14-12-10-8-6-4-2/h16-17,25,27,39-41,43-46,48-49,51-53H,3-15,18-24,26,28-38H2,1-2H3,(H,47,50)/b17-16+,27-25+/t39-,40+,41-,43-,44?,45?,46-/m0/s1. The first-order valence-electron chi connectivity index (χ1n) is 23.0. The van der Waals surface area contributed by atoms with Gasteiger partial charge in [-0.3, -0.25) is 4.79 Å². The van der Waals surface area contributed by atoms with Crippen molar-refractivity contribution in [2.75, 3.05) is 13.2 Å². The molecule has 7 atom stereocenters. The molecule has 1 amide bonds. The second-order valence-corrected chi connectivity index (χ2v) is 16.2. The van der Waals surface area contributed by atoms with Crippen LogP contribution in [0.25, 0.3) is 0 Å². The number of aliphatic hydroxyl groups excluding tert-OH is 5. The fraction of sp³-hybridized carbons (Fsp3) is 0.891. The SMILES string of the molecule is CCCCCCC/C=C/CCCC[C@@H](O)[C@H](CO[C@H]1O[C@@H](CO)[C@H](O)C(O)C1O)NC(=O)CCCCCCCCCCCCC/C=C/CCCCCCCC. The summed E-state index contributed by atoms with van der Waals surface area (Å²) >= 11 is 0. The molecule has 0 spiro atoms. The minimum Gasteiger partial charge on any atom is -0.394 e. The number of unbranched alkanes of at least 4 members (excludes halogenated alkanes) is 24. The molecule has 0 aliphatic carbocycles. The molecule has 1 aliphatic heterocycles. The maximum atomic E-state index is 12.9. The Morgan fingerprint density at radius 1 is 0.600 bits per heavy atom. The van der Waals surface area contributed by atoms with Gasteiger partial charge in [-0.15, -0.1) is 0 Å². The van der Waals surface area contributed by atoms with Crippen LogP contribution in [0.2, 0.25) is 0 Å². The molecule has 1 fully saturated rings. The van der Waals surface area contributed by atoms with Crippen molar-refractivity contribution in [3.05, 3.63) is 24.3 Å². The van der Waals surface area contributed by atoms with E-state index in [0.29, 0.717) is 12.8 Å². The van der Waals surface area contributed by atoms with Crippen LogP contribution in [0.1, 0.15) is 206 Å². The molecular formula is C46H87NO8. The molecule has 0 aromatic rings. The predicted octanol–water partition coefficient (Wildman–Crippen LogP) is 9.50. The molecule has 9 nitrogen and oxygen atoms in total. The van der Waals surface area contributed by atoms with Gasteiger partial charge < -0.3 is 40.3 Å². The average molecular weight is 782 g/mol. The Balaban J connectivity index is 2.28. The molecule has 55 heavy (non-hydrogen) atoms. The highest BCUT2D eigenvalue weighted by atomic mass is 16.7. The van der Waals surface area contributed by atoms with Crippen molar-refractivity contribution >= 4 is 5.91 Å². The maximum Gasteiger partial charge on any atom is 0.220 e. The zero-order chi connectivity index (χ0) is 40.2. The summed E-state index contributed by atoms with van der Waals surface area (Å²) in [5.41, 5.74) is 0. The molecule has 9 heteroatoms. The first-order chi connectivity index (χ1) is 26.8. The number of carbonyl (C=O) groups excluding carboxylic acids is 1. The number of amides is 1. The molecule has 6 N–H and O–H groups in total. The van der Waals surface area contributed by atoms with Gasteiger partial charge in [-0.25, -0.2) is 0 Å². The summed E-state index contributed by atoms with van der Waals surface area (Å²) in [7, 11) is 0. The largest absolute Gasteiger partial charge is 0.394 e. The molecule has 1 rings (SSSR count). The van der Waals surface area contributed by atoms with Gasteiger partial charge in [0, 0.05) is 6.42 Å². The number of aliphatic hydroxyl groups is 5. The van der Waals surface area contributed by atoms with E-state index in [1.165, 1.54) is 135 Å². The first-order valence-corrected chi connectivity index (χ1v) is 23.0. The summed E-state index contributed by atoms with van der Waals surface area (Å²) in [4.78, 5) is 12.9. The van der Waals surface area contributed by atoms with E-state index in [4.69, 9.17) is 9.47 Å². The van der Waals surface area contributed by atoms with Gasteiger partial charge in [0.2, 0.25) is 5.91 Å². The van der Waals surface area contributed by atoms with Crippen LogP contribution >= 0.6 is 0 Å². The van der Waals surface area contributed by atoms with E-state index in [1.54, 1.807) is 0 Å². The Morgan fingerprint density at radius 2 is 1.02 bits per heavy atom. The third kappa shape index (κ3) is 27.9. The highest BCUT2D eigenvalue weighted by Crippen LogP contribution is 2.23. The second-order valence-electron chi connectivity index (χ2n) is 16.2. The fourth-order valence-corrected chi connectivity index (χ4v) is 7.27. The Bertz CT molecular complexity index is 914. The predicted molar refractivity (Wildman–Crippen MR) is 226 cm³/mol. The number of ether oxygens (including phenoxy) is 2. The van der Waals surface area contributed by atoms with Crippen molar-refractivity contribution < 1.29 is 39.8 Å². The van der Waals surface area contributed by atoms with Gasteiger partial charge in [0.05, 0.1) is 25.4 Å². The highest BCUT2D eigenvalue weighted by Gasteiger charge is 2.44. The van der Waals surface area contributed by atoms with E-state index in [0.717, 1.165) is 44.9 Å². The summed E-state index contributed by atoms with van der Waals surface area (Å²) in [6, 6.07) is -0.732. The highest BCUT2D eigenvalue weighted by molar-refractivity contribution is 5.76. The van der Waals surface area contributed by atoms with Gasteiger partial charge in [0.1, 0.15) is 24.4 Å². The van der Waals surface area contributed by atoms with Crippen molar-refractivity contribution in [1.82, 2.24) is 5.32 Å². The molecule has 0 bridgehead atoms. The van der Waals surface area contributed by atoms with Crippen LogP contribution in [0.3, 0.4) is 0 Å². The van der Waals surface area contributed by atoms with Crippen molar-refractivity contribution in [1.29, 1.82) is 0 Å². The van der Waals surface area contributed by atoms with Crippen LogP contribution in [0.5, 0.6) is 0 Å². The van der Waals surface area contributed by atoms with Gasteiger partial charge >= 0.3 is 0 Å². The number of hydrogen-bond acceptors (Lipinski definition) is 8. The molecule has 1 saturated heterocycles. The second kappa shape index (κ2) is 37.0. The topological polar surface area (TPSA) is 149 Å². The summed E-state index contributed by atoms with van der Waals surface area (Å²) in [6.45, 7) is 3.79. The van der Waals surface area contributed by atoms with E-state index in [2.05, 4.69) is 43.5 Å².